The molecule has 1 aliphatic carbocycles. The van der Waals surface area contributed by atoms with E-state index < -0.39 is 17.6 Å². The van der Waals surface area contributed by atoms with Gasteiger partial charge in [-0.15, -0.1) is 11.3 Å². The maximum atomic E-state index is 12.2. The summed E-state index contributed by atoms with van der Waals surface area (Å²) in [4.78, 5) is 36.9. The van der Waals surface area contributed by atoms with Crippen LogP contribution in [0.15, 0.2) is 36.4 Å². The number of rotatable bonds is 5. The number of benzene rings is 1. The van der Waals surface area contributed by atoms with E-state index in [1.807, 2.05) is 30.3 Å². The highest BCUT2D eigenvalue weighted by Crippen LogP contribution is 2.35. The molecule has 3 rings (SSSR count). The number of Topliss-reactive ketones (excluding diaryl/α,β-unsaturated/α-hetero) is 1. The van der Waals surface area contributed by atoms with Gasteiger partial charge in [-0.2, -0.15) is 0 Å². The van der Waals surface area contributed by atoms with Gasteiger partial charge in [-0.25, -0.2) is 0 Å². The number of nitrogens with two attached hydrogens (primary N) is 1. The van der Waals surface area contributed by atoms with Gasteiger partial charge in [0.1, 0.15) is 5.00 Å². The number of hydrogen-bond donors (Lipinski definition) is 2. The number of carbonyl (C=O) groups excluding carboxylic acids is 3. The number of carbonyl (C=O) groups is 3. The first kappa shape index (κ1) is 16.4. The number of ketones is 1. The van der Waals surface area contributed by atoms with Crippen LogP contribution in [0.2, 0.25) is 0 Å². The molecule has 24 heavy (non-hydrogen) atoms. The summed E-state index contributed by atoms with van der Waals surface area (Å²) >= 11 is 1.24. The van der Waals surface area contributed by atoms with Crippen molar-refractivity contribution in [2.24, 2.45) is 11.7 Å². The lowest BCUT2D eigenvalue weighted by Crippen LogP contribution is -2.28. The Morgan fingerprint density at radius 3 is 2.38 bits per heavy atom. The van der Waals surface area contributed by atoms with E-state index in [2.05, 4.69) is 5.32 Å². The molecule has 3 N–H and O–H groups in total. The van der Waals surface area contributed by atoms with Gasteiger partial charge in [0.25, 0.3) is 11.8 Å². The van der Waals surface area contributed by atoms with Crippen molar-refractivity contribution >= 4 is 33.9 Å². The lowest BCUT2D eigenvalue weighted by atomic mass is 10.0. The normalized spacial score (nSPS) is 14.5. The minimum atomic E-state index is -0.661. The molecule has 0 aliphatic heterocycles. The molecule has 1 aromatic carbocycles. The van der Waals surface area contributed by atoms with Crippen LogP contribution >= 0.6 is 11.3 Å². The lowest BCUT2D eigenvalue weighted by Gasteiger charge is -2.08. The highest BCUT2D eigenvalue weighted by molar-refractivity contribution is 7.20. The summed E-state index contributed by atoms with van der Waals surface area (Å²) in [6, 6.07) is 11.1. The SMILES string of the molecule is NC(=O)c1cc(-c2ccccc2)sc1NC(=O)C(=O)C1CCCC1. The van der Waals surface area contributed by atoms with E-state index in [0.29, 0.717) is 5.00 Å². The maximum Gasteiger partial charge on any atom is 0.292 e. The van der Waals surface area contributed by atoms with Crippen LogP contribution in [0.5, 0.6) is 0 Å². The zero-order valence-corrected chi connectivity index (χ0v) is 13.9. The average Bonchev–Trinajstić information content (AvgIpc) is 3.24. The predicted molar refractivity (Wildman–Crippen MR) is 93.9 cm³/mol. The van der Waals surface area contributed by atoms with E-state index in [1.165, 1.54) is 11.3 Å². The van der Waals surface area contributed by atoms with Crippen molar-refractivity contribution in [2.45, 2.75) is 25.7 Å². The summed E-state index contributed by atoms with van der Waals surface area (Å²) in [5.41, 5.74) is 6.56. The molecule has 2 amide bonds. The molecule has 0 radical (unpaired) electrons. The number of hydrogen-bond acceptors (Lipinski definition) is 4. The highest BCUT2D eigenvalue weighted by atomic mass is 32.1. The fourth-order valence-electron chi connectivity index (χ4n) is 2.95. The van der Waals surface area contributed by atoms with Gasteiger partial charge < -0.3 is 11.1 Å². The van der Waals surface area contributed by atoms with Gasteiger partial charge in [0.2, 0.25) is 5.78 Å². The second kappa shape index (κ2) is 6.97. The molecule has 124 valence electrons. The van der Waals surface area contributed by atoms with E-state index in [1.54, 1.807) is 6.07 Å². The largest absolute Gasteiger partial charge is 0.366 e. The van der Waals surface area contributed by atoms with Crippen LogP contribution in [0.25, 0.3) is 10.4 Å². The molecule has 0 bridgehead atoms. The third-order valence-electron chi connectivity index (χ3n) is 4.23. The summed E-state index contributed by atoms with van der Waals surface area (Å²) < 4.78 is 0. The average molecular weight is 342 g/mol. The fourth-order valence-corrected chi connectivity index (χ4v) is 4.01. The lowest BCUT2D eigenvalue weighted by molar-refractivity contribution is -0.137. The number of primary amides is 1. The first-order valence-electron chi connectivity index (χ1n) is 7.90. The maximum absolute atomic E-state index is 12.2. The molecule has 2 aromatic rings. The Kier molecular flexibility index (Phi) is 4.76. The van der Waals surface area contributed by atoms with Crippen LogP contribution in [-0.2, 0) is 9.59 Å². The first-order chi connectivity index (χ1) is 11.6. The van der Waals surface area contributed by atoms with Gasteiger partial charge in [0, 0.05) is 10.8 Å². The number of thiophene rings is 1. The minimum Gasteiger partial charge on any atom is -0.366 e. The standard InChI is InChI=1S/C18H18N2O3S/c19-16(22)13-10-14(11-6-2-1-3-7-11)24-18(13)20-17(23)15(21)12-8-4-5-9-12/h1-3,6-7,10,12H,4-5,8-9H2,(H2,19,22)(H,20,23). The van der Waals surface area contributed by atoms with Crippen molar-refractivity contribution in [2.75, 3.05) is 5.32 Å². The van der Waals surface area contributed by atoms with Crippen LogP contribution < -0.4 is 11.1 Å². The first-order valence-corrected chi connectivity index (χ1v) is 8.72. The van der Waals surface area contributed by atoms with Crippen LogP contribution in [-0.4, -0.2) is 17.6 Å². The Hall–Kier alpha value is -2.47. The van der Waals surface area contributed by atoms with Crippen LogP contribution in [0.1, 0.15) is 36.0 Å². The molecule has 0 atom stereocenters. The van der Waals surface area contributed by atoms with E-state index in [9.17, 15) is 14.4 Å². The molecule has 0 spiro atoms. The molecule has 1 heterocycles. The second-order valence-corrected chi connectivity index (χ2v) is 6.94. The molecule has 1 fully saturated rings. The Morgan fingerprint density at radius 1 is 1.08 bits per heavy atom. The van der Waals surface area contributed by atoms with Gasteiger partial charge >= 0.3 is 0 Å². The smallest absolute Gasteiger partial charge is 0.292 e. The third kappa shape index (κ3) is 3.38. The van der Waals surface area contributed by atoms with Crippen molar-refractivity contribution in [3.63, 3.8) is 0 Å². The Bertz CT molecular complexity index is 777. The summed E-state index contributed by atoms with van der Waals surface area (Å²) in [6.45, 7) is 0. The Balaban J connectivity index is 1.84. The van der Waals surface area contributed by atoms with E-state index in [-0.39, 0.29) is 11.5 Å². The van der Waals surface area contributed by atoms with Gasteiger partial charge in [0.15, 0.2) is 0 Å². The van der Waals surface area contributed by atoms with Gasteiger partial charge in [-0.05, 0) is 24.5 Å². The van der Waals surface area contributed by atoms with Crippen molar-refractivity contribution in [3.8, 4) is 10.4 Å². The number of anilines is 1. The van der Waals surface area contributed by atoms with E-state index in [4.69, 9.17) is 5.73 Å². The molecule has 0 unspecified atom stereocenters. The minimum absolute atomic E-state index is 0.199. The molecule has 0 saturated heterocycles. The molecule has 6 heteroatoms. The predicted octanol–water partition coefficient (Wildman–Crippen LogP) is 3.21. The molecular formula is C18H18N2O3S. The molecular weight excluding hydrogens is 324 g/mol. The highest BCUT2D eigenvalue weighted by Gasteiger charge is 2.29. The summed E-state index contributed by atoms with van der Waals surface area (Å²) in [5, 5.41) is 2.92. The number of nitrogens with one attached hydrogen (secondary N) is 1. The van der Waals surface area contributed by atoms with Crippen LogP contribution in [0.3, 0.4) is 0 Å². The van der Waals surface area contributed by atoms with Gasteiger partial charge in [0.05, 0.1) is 5.56 Å². The van der Waals surface area contributed by atoms with Crippen molar-refractivity contribution in [3.05, 3.63) is 42.0 Å². The van der Waals surface area contributed by atoms with Crippen molar-refractivity contribution in [1.29, 1.82) is 0 Å². The van der Waals surface area contributed by atoms with Crippen molar-refractivity contribution in [1.82, 2.24) is 0 Å². The van der Waals surface area contributed by atoms with Gasteiger partial charge in [-0.3, -0.25) is 14.4 Å². The summed E-state index contributed by atoms with van der Waals surface area (Å²) in [6.07, 6.45) is 3.48. The van der Waals surface area contributed by atoms with Crippen LogP contribution in [0.4, 0.5) is 5.00 Å². The van der Waals surface area contributed by atoms with E-state index >= 15 is 0 Å². The summed E-state index contributed by atoms with van der Waals surface area (Å²) in [7, 11) is 0. The quantitative estimate of drug-likeness (QED) is 0.818. The number of amides is 2. The topological polar surface area (TPSA) is 89.3 Å². The molecule has 1 saturated carbocycles. The van der Waals surface area contributed by atoms with Crippen LogP contribution in [0, 0.1) is 5.92 Å². The zero-order chi connectivity index (χ0) is 17.1. The fraction of sp³-hybridized carbons (Fsp3) is 0.278. The van der Waals surface area contributed by atoms with Crippen molar-refractivity contribution < 1.29 is 14.4 Å². The second-order valence-electron chi connectivity index (χ2n) is 5.88. The monoisotopic (exact) mass is 342 g/mol. The Labute approximate surface area is 143 Å². The molecule has 1 aromatic heterocycles. The third-order valence-corrected chi connectivity index (χ3v) is 5.33. The molecule has 1 aliphatic rings. The summed E-state index contributed by atoms with van der Waals surface area (Å²) in [5.74, 6) is -1.89. The Morgan fingerprint density at radius 2 is 1.75 bits per heavy atom. The van der Waals surface area contributed by atoms with E-state index in [0.717, 1.165) is 36.1 Å². The molecule has 5 nitrogen and oxygen atoms in total. The zero-order valence-electron chi connectivity index (χ0n) is 13.1. The van der Waals surface area contributed by atoms with Gasteiger partial charge in [-0.1, -0.05) is 43.2 Å².